The number of nitrogens with zero attached hydrogens (tertiary/aromatic N) is 2. The SMILES string of the molecule is COC(=O)C1=NCCN(C)C(c2ccccc2O)=C1. The van der Waals surface area contributed by atoms with Gasteiger partial charge in [-0.2, -0.15) is 0 Å². The zero-order valence-electron chi connectivity index (χ0n) is 11.0. The van der Waals surface area contributed by atoms with Gasteiger partial charge in [0.25, 0.3) is 0 Å². The van der Waals surface area contributed by atoms with Gasteiger partial charge in [0.1, 0.15) is 11.5 Å². The molecule has 0 unspecified atom stereocenters. The first-order valence-electron chi connectivity index (χ1n) is 5.97. The first kappa shape index (κ1) is 13.1. The van der Waals surface area contributed by atoms with E-state index in [0.29, 0.717) is 18.7 Å². The summed E-state index contributed by atoms with van der Waals surface area (Å²) >= 11 is 0. The van der Waals surface area contributed by atoms with E-state index in [1.807, 2.05) is 18.0 Å². The van der Waals surface area contributed by atoms with E-state index in [4.69, 9.17) is 4.74 Å². The van der Waals surface area contributed by atoms with Crippen molar-refractivity contribution in [3.8, 4) is 5.75 Å². The Morgan fingerprint density at radius 1 is 1.42 bits per heavy atom. The zero-order valence-corrected chi connectivity index (χ0v) is 11.0. The number of hydrogen-bond acceptors (Lipinski definition) is 5. The molecule has 1 heterocycles. The van der Waals surface area contributed by atoms with Crippen LogP contribution in [0.2, 0.25) is 0 Å². The predicted molar refractivity (Wildman–Crippen MR) is 73.0 cm³/mol. The lowest BCUT2D eigenvalue weighted by Crippen LogP contribution is -2.19. The second kappa shape index (κ2) is 5.56. The summed E-state index contributed by atoms with van der Waals surface area (Å²) in [4.78, 5) is 17.8. The third-order valence-electron chi connectivity index (χ3n) is 2.98. The van der Waals surface area contributed by atoms with Crippen LogP contribution in [0.25, 0.3) is 5.70 Å². The molecule has 0 saturated carbocycles. The highest BCUT2D eigenvalue weighted by molar-refractivity contribution is 6.42. The molecule has 5 heteroatoms. The molecule has 0 aromatic heterocycles. The topological polar surface area (TPSA) is 62.1 Å². The quantitative estimate of drug-likeness (QED) is 0.814. The molecular formula is C14H16N2O3. The lowest BCUT2D eigenvalue weighted by atomic mass is 10.1. The summed E-state index contributed by atoms with van der Waals surface area (Å²) in [5, 5.41) is 9.93. The van der Waals surface area contributed by atoms with Crippen LogP contribution in [-0.2, 0) is 9.53 Å². The number of phenolic OH excluding ortho intramolecular Hbond substituents is 1. The first-order valence-corrected chi connectivity index (χ1v) is 5.97. The van der Waals surface area contributed by atoms with Crippen LogP contribution in [0.15, 0.2) is 35.3 Å². The standard InChI is InChI=1S/C14H16N2O3/c1-16-8-7-15-11(14(18)19-2)9-12(16)10-5-3-4-6-13(10)17/h3-6,9,17H,7-8H2,1-2H3. The molecule has 100 valence electrons. The molecule has 0 fully saturated rings. The monoisotopic (exact) mass is 260 g/mol. The third-order valence-corrected chi connectivity index (χ3v) is 2.98. The molecule has 1 N–H and O–H groups in total. The first-order chi connectivity index (χ1) is 9.13. The van der Waals surface area contributed by atoms with Crippen LogP contribution in [0.3, 0.4) is 0 Å². The van der Waals surface area contributed by atoms with Gasteiger partial charge in [-0.25, -0.2) is 4.79 Å². The number of carbonyl (C=O) groups is 1. The molecule has 19 heavy (non-hydrogen) atoms. The van der Waals surface area contributed by atoms with E-state index in [1.165, 1.54) is 7.11 Å². The minimum atomic E-state index is -0.469. The number of methoxy groups -OCH3 is 1. The van der Waals surface area contributed by atoms with Crippen LogP contribution in [0.5, 0.6) is 5.75 Å². The molecule has 0 bridgehead atoms. The van der Waals surface area contributed by atoms with E-state index in [2.05, 4.69) is 4.99 Å². The summed E-state index contributed by atoms with van der Waals surface area (Å²) in [6.45, 7) is 1.18. The maximum absolute atomic E-state index is 11.6. The van der Waals surface area contributed by atoms with Gasteiger partial charge in [0.2, 0.25) is 0 Å². The summed E-state index contributed by atoms with van der Waals surface area (Å²) in [6.07, 6.45) is 1.65. The van der Waals surface area contributed by atoms with Crippen molar-refractivity contribution in [3.05, 3.63) is 35.9 Å². The number of phenols is 1. The Balaban J connectivity index is 2.46. The van der Waals surface area contributed by atoms with Crippen molar-refractivity contribution in [2.24, 2.45) is 4.99 Å². The van der Waals surface area contributed by atoms with Crippen LogP contribution >= 0.6 is 0 Å². The molecule has 0 amide bonds. The number of esters is 1. The number of aliphatic imine (C=N–C) groups is 1. The van der Waals surface area contributed by atoms with Gasteiger partial charge in [0.05, 0.1) is 13.7 Å². The Morgan fingerprint density at radius 3 is 2.84 bits per heavy atom. The average Bonchev–Trinajstić information content (AvgIpc) is 2.61. The van der Waals surface area contributed by atoms with E-state index >= 15 is 0 Å². The van der Waals surface area contributed by atoms with Gasteiger partial charge in [-0.1, -0.05) is 12.1 Å². The van der Waals surface area contributed by atoms with Crippen LogP contribution < -0.4 is 0 Å². The lowest BCUT2D eigenvalue weighted by Gasteiger charge is -2.21. The highest BCUT2D eigenvalue weighted by Gasteiger charge is 2.18. The van der Waals surface area contributed by atoms with Crippen molar-refractivity contribution < 1.29 is 14.6 Å². The summed E-state index contributed by atoms with van der Waals surface area (Å²) in [5.74, 6) is -0.296. The van der Waals surface area contributed by atoms with Gasteiger partial charge < -0.3 is 14.7 Å². The van der Waals surface area contributed by atoms with Crippen molar-refractivity contribution in [1.29, 1.82) is 0 Å². The van der Waals surface area contributed by atoms with Crippen molar-refractivity contribution >= 4 is 17.4 Å². The van der Waals surface area contributed by atoms with Crippen molar-refractivity contribution in [2.45, 2.75) is 0 Å². The third kappa shape index (κ3) is 2.76. The Hall–Kier alpha value is -2.30. The van der Waals surface area contributed by atoms with Crippen LogP contribution in [0.1, 0.15) is 5.56 Å². The van der Waals surface area contributed by atoms with E-state index in [0.717, 1.165) is 5.70 Å². The van der Waals surface area contributed by atoms with Gasteiger partial charge in [-0.15, -0.1) is 0 Å². The number of hydrogen-bond donors (Lipinski definition) is 1. The smallest absolute Gasteiger partial charge is 0.356 e. The fraction of sp³-hybridized carbons (Fsp3) is 0.286. The Morgan fingerprint density at radius 2 is 2.16 bits per heavy atom. The molecule has 1 aliphatic rings. The van der Waals surface area contributed by atoms with Gasteiger partial charge >= 0.3 is 5.97 Å². The van der Waals surface area contributed by atoms with Gasteiger partial charge in [-0.3, -0.25) is 4.99 Å². The molecule has 0 saturated heterocycles. The molecule has 2 rings (SSSR count). The molecule has 5 nitrogen and oxygen atoms in total. The second-order valence-corrected chi connectivity index (χ2v) is 4.23. The zero-order chi connectivity index (χ0) is 13.8. The number of benzene rings is 1. The van der Waals surface area contributed by atoms with E-state index in [1.54, 1.807) is 24.3 Å². The van der Waals surface area contributed by atoms with Crippen molar-refractivity contribution in [2.75, 3.05) is 27.2 Å². The Bertz CT molecular complexity index is 549. The molecule has 0 atom stereocenters. The van der Waals surface area contributed by atoms with Crippen molar-refractivity contribution in [1.82, 2.24) is 4.90 Å². The normalized spacial score (nSPS) is 15.4. The maximum Gasteiger partial charge on any atom is 0.356 e. The van der Waals surface area contributed by atoms with Crippen LogP contribution in [0, 0.1) is 0 Å². The minimum absolute atomic E-state index is 0.173. The van der Waals surface area contributed by atoms with Crippen LogP contribution in [0.4, 0.5) is 0 Å². The molecule has 0 aliphatic carbocycles. The van der Waals surface area contributed by atoms with E-state index < -0.39 is 5.97 Å². The maximum atomic E-state index is 11.6. The largest absolute Gasteiger partial charge is 0.507 e. The second-order valence-electron chi connectivity index (χ2n) is 4.23. The molecule has 0 radical (unpaired) electrons. The predicted octanol–water partition coefficient (Wildman–Crippen LogP) is 1.29. The Labute approximate surface area is 111 Å². The summed E-state index contributed by atoms with van der Waals surface area (Å²) < 4.78 is 4.70. The van der Waals surface area contributed by atoms with E-state index in [-0.39, 0.29) is 11.5 Å². The molecule has 1 aromatic rings. The number of ether oxygens (including phenoxy) is 1. The Kier molecular flexibility index (Phi) is 3.85. The molecular weight excluding hydrogens is 244 g/mol. The van der Waals surface area contributed by atoms with Gasteiger partial charge in [0, 0.05) is 24.9 Å². The number of para-hydroxylation sites is 1. The van der Waals surface area contributed by atoms with Crippen molar-refractivity contribution in [3.63, 3.8) is 0 Å². The summed E-state index contributed by atoms with van der Waals surface area (Å²) in [7, 11) is 3.22. The number of likely N-dealkylation sites (N-methyl/N-ethyl adjacent to an activating group) is 1. The fourth-order valence-electron chi connectivity index (χ4n) is 1.93. The van der Waals surface area contributed by atoms with Gasteiger partial charge in [-0.05, 0) is 18.2 Å². The summed E-state index contributed by atoms with van der Waals surface area (Å²) in [6, 6.07) is 7.01. The highest BCUT2D eigenvalue weighted by atomic mass is 16.5. The number of aromatic hydroxyl groups is 1. The molecule has 1 aliphatic heterocycles. The minimum Gasteiger partial charge on any atom is -0.507 e. The fourth-order valence-corrected chi connectivity index (χ4v) is 1.93. The summed E-state index contributed by atoms with van der Waals surface area (Å²) in [5.41, 5.74) is 1.69. The molecule has 0 spiro atoms. The number of rotatable bonds is 2. The highest BCUT2D eigenvalue weighted by Crippen LogP contribution is 2.27. The average molecular weight is 260 g/mol. The number of carbonyl (C=O) groups excluding carboxylic acids is 1. The van der Waals surface area contributed by atoms with E-state index in [9.17, 15) is 9.90 Å². The lowest BCUT2D eigenvalue weighted by molar-refractivity contribution is -0.132. The molecule has 1 aromatic carbocycles. The van der Waals surface area contributed by atoms with Gasteiger partial charge in [0.15, 0.2) is 0 Å². The van der Waals surface area contributed by atoms with Crippen LogP contribution in [-0.4, -0.2) is 48.9 Å².